The first-order valence-electron chi connectivity index (χ1n) is 10.4. The topological polar surface area (TPSA) is 69.7 Å². The van der Waals surface area contributed by atoms with E-state index in [1.54, 1.807) is 18.2 Å². The molecule has 2 aromatic rings. The van der Waals surface area contributed by atoms with Crippen molar-refractivity contribution in [3.63, 3.8) is 0 Å². The average molecular weight is 448 g/mol. The molecule has 30 heavy (non-hydrogen) atoms. The van der Waals surface area contributed by atoms with E-state index < -0.39 is 10.0 Å². The summed E-state index contributed by atoms with van der Waals surface area (Å²) in [5.41, 5.74) is 2.57. The summed E-state index contributed by atoms with van der Waals surface area (Å²) in [6.45, 7) is 2.55. The summed E-state index contributed by atoms with van der Waals surface area (Å²) in [5.74, 6) is -0.234. The molecule has 0 saturated carbocycles. The van der Waals surface area contributed by atoms with Gasteiger partial charge in [0.1, 0.15) is 0 Å². The summed E-state index contributed by atoms with van der Waals surface area (Å²) in [4.78, 5) is 15.2. The highest BCUT2D eigenvalue weighted by atomic mass is 35.5. The first-order valence-corrected chi connectivity index (χ1v) is 12.4. The first-order chi connectivity index (χ1) is 14.4. The molecule has 160 valence electrons. The Balaban J connectivity index is 1.50. The lowest BCUT2D eigenvalue weighted by molar-refractivity contribution is 0.102. The van der Waals surface area contributed by atoms with Crippen molar-refractivity contribution in [3.8, 4) is 0 Å². The zero-order valence-corrected chi connectivity index (χ0v) is 18.4. The van der Waals surface area contributed by atoms with E-state index in [0.29, 0.717) is 24.3 Å². The third kappa shape index (κ3) is 4.57. The lowest BCUT2D eigenvalue weighted by atomic mass is 10.1. The van der Waals surface area contributed by atoms with E-state index in [1.807, 2.05) is 24.3 Å². The molecule has 8 heteroatoms. The number of rotatable bonds is 4. The Morgan fingerprint density at radius 2 is 1.53 bits per heavy atom. The van der Waals surface area contributed by atoms with Gasteiger partial charge in [-0.15, -0.1) is 0 Å². The monoisotopic (exact) mass is 447 g/mol. The Labute approximate surface area is 182 Å². The third-order valence-electron chi connectivity index (χ3n) is 5.68. The van der Waals surface area contributed by atoms with Gasteiger partial charge in [-0.2, -0.15) is 0 Å². The average Bonchev–Trinajstić information content (AvgIpc) is 2.75. The molecule has 2 aromatic carbocycles. The van der Waals surface area contributed by atoms with Crippen molar-refractivity contribution in [2.45, 2.75) is 32.1 Å². The Morgan fingerprint density at radius 1 is 0.867 bits per heavy atom. The molecule has 2 aliphatic heterocycles. The number of hydrogen-bond acceptors (Lipinski definition) is 4. The molecule has 1 amide bonds. The van der Waals surface area contributed by atoms with Crippen LogP contribution < -0.4 is 14.5 Å². The molecule has 0 spiro atoms. The fourth-order valence-corrected chi connectivity index (χ4v) is 5.86. The molecule has 4 rings (SSSR count). The van der Waals surface area contributed by atoms with Gasteiger partial charge >= 0.3 is 0 Å². The van der Waals surface area contributed by atoms with Gasteiger partial charge in [0.15, 0.2) is 0 Å². The van der Waals surface area contributed by atoms with E-state index in [9.17, 15) is 13.2 Å². The Morgan fingerprint density at radius 3 is 2.23 bits per heavy atom. The van der Waals surface area contributed by atoms with Crippen LogP contribution in [0.5, 0.6) is 0 Å². The van der Waals surface area contributed by atoms with Crippen LogP contribution in [0, 0.1) is 0 Å². The minimum absolute atomic E-state index is 0.126. The number of nitrogens with zero attached hydrogens (tertiary/aromatic N) is 2. The quantitative estimate of drug-likeness (QED) is 0.748. The Bertz CT molecular complexity index is 1020. The minimum Gasteiger partial charge on any atom is -0.372 e. The molecular weight excluding hydrogens is 422 g/mol. The van der Waals surface area contributed by atoms with E-state index in [-0.39, 0.29) is 22.2 Å². The summed E-state index contributed by atoms with van der Waals surface area (Å²) in [5, 5.41) is 3.16. The molecule has 0 atom stereocenters. The molecule has 0 unspecified atom stereocenters. The van der Waals surface area contributed by atoms with Gasteiger partial charge in [0.25, 0.3) is 5.91 Å². The van der Waals surface area contributed by atoms with Crippen molar-refractivity contribution >= 4 is 44.6 Å². The number of sulfonamides is 1. The van der Waals surface area contributed by atoms with Gasteiger partial charge in [-0.3, -0.25) is 9.10 Å². The van der Waals surface area contributed by atoms with Crippen LogP contribution in [0.2, 0.25) is 5.02 Å². The van der Waals surface area contributed by atoms with Gasteiger partial charge in [-0.1, -0.05) is 11.6 Å². The maximum atomic E-state index is 12.8. The number of nitrogens with one attached hydrogen (secondary N) is 1. The maximum absolute atomic E-state index is 12.8. The highest BCUT2D eigenvalue weighted by Crippen LogP contribution is 2.29. The molecule has 2 fully saturated rings. The second-order valence-corrected chi connectivity index (χ2v) is 10.2. The second kappa shape index (κ2) is 8.86. The first kappa shape index (κ1) is 21.0. The van der Waals surface area contributed by atoms with Crippen LogP contribution in [0.15, 0.2) is 42.5 Å². The van der Waals surface area contributed by atoms with E-state index >= 15 is 0 Å². The van der Waals surface area contributed by atoms with Crippen LogP contribution in [0.1, 0.15) is 42.5 Å². The summed E-state index contributed by atoms with van der Waals surface area (Å²) in [6.07, 6.45) is 5.16. The Hall–Kier alpha value is -2.25. The smallest absolute Gasteiger partial charge is 0.257 e. The number of anilines is 3. The highest BCUT2D eigenvalue weighted by Gasteiger charge is 2.27. The number of carbonyl (C=O) groups is 1. The van der Waals surface area contributed by atoms with Crippen LogP contribution in [0.4, 0.5) is 17.1 Å². The van der Waals surface area contributed by atoms with Crippen LogP contribution in [0.25, 0.3) is 0 Å². The molecule has 2 heterocycles. The van der Waals surface area contributed by atoms with Crippen molar-refractivity contribution in [1.29, 1.82) is 0 Å². The van der Waals surface area contributed by atoms with Crippen molar-refractivity contribution in [2.75, 3.05) is 39.9 Å². The zero-order valence-electron chi connectivity index (χ0n) is 16.8. The van der Waals surface area contributed by atoms with Crippen molar-refractivity contribution in [1.82, 2.24) is 0 Å². The number of piperidine rings is 1. The molecule has 6 nitrogen and oxygen atoms in total. The largest absolute Gasteiger partial charge is 0.372 e. The summed E-state index contributed by atoms with van der Waals surface area (Å²) < 4.78 is 26.2. The van der Waals surface area contributed by atoms with Crippen LogP contribution in [0.3, 0.4) is 0 Å². The minimum atomic E-state index is -3.35. The van der Waals surface area contributed by atoms with Gasteiger partial charge in [-0.05, 0) is 74.6 Å². The van der Waals surface area contributed by atoms with Gasteiger partial charge in [-0.25, -0.2) is 8.42 Å². The van der Waals surface area contributed by atoms with E-state index in [1.165, 1.54) is 23.6 Å². The van der Waals surface area contributed by atoms with Gasteiger partial charge in [0.05, 0.1) is 22.0 Å². The highest BCUT2D eigenvalue weighted by molar-refractivity contribution is 7.92. The number of benzene rings is 2. The molecular formula is C22H26ClN3O3S. The summed E-state index contributed by atoms with van der Waals surface area (Å²) >= 11 is 6.26. The van der Waals surface area contributed by atoms with E-state index in [0.717, 1.165) is 25.2 Å². The normalized spacial score (nSPS) is 18.8. The fraction of sp³-hybridized carbons (Fsp3) is 0.409. The molecule has 1 N–H and O–H groups in total. The van der Waals surface area contributed by atoms with Gasteiger partial charge < -0.3 is 10.2 Å². The van der Waals surface area contributed by atoms with Crippen molar-refractivity contribution < 1.29 is 13.2 Å². The fourth-order valence-electron chi connectivity index (χ4n) is 4.03. The van der Waals surface area contributed by atoms with Crippen LogP contribution >= 0.6 is 11.6 Å². The summed E-state index contributed by atoms with van der Waals surface area (Å²) in [7, 11) is -3.35. The second-order valence-electron chi connectivity index (χ2n) is 7.81. The third-order valence-corrected chi connectivity index (χ3v) is 7.88. The van der Waals surface area contributed by atoms with Crippen molar-refractivity contribution in [2.24, 2.45) is 0 Å². The predicted molar refractivity (Wildman–Crippen MR) is 122 cm³/mol. The Kier molecular flexibility index (Phi) is 6.20. The predicted octanol–water partition coefficient (Wildman–Crippen LogP) is 4.51. The maximum Gasteiger partial charge on any atom is 0.257 e. The van der Waals surface area contributed by atoms with E-state index in [2.05, 4.69) is 10.2 Å². The van der Waals surface area contributed by atoms with Crippen LogP contribution in [-0.2, 0) is 10.0 Å². The molecule has 0 radical (unpaired) electrons. The number of amides is 1. The number of carbonyl (C=O) groups excluding carboxylic acids is 1. The lowest BCUT2D eigenvalue weighted by Crippen LogP contribution is -2.38. The van der Waals surface area contributed by atoms with Crippen LogP contribution in [-0.4, -0.2) is 39.7 Å². The number of halogens is 1. The van der Waals surface area contributed by atoms with Gasteiger partial charge in [0, 0.05) is 31.0 Å². The molecule has 0 aliphatic carbocycles. The molecule has 2 aliphatic rings. The SMILES string of the molecule is O=C(Nc1ccc(N2CCCCC2)cc1)c1cc(N2CCCCS2(=O)=O)ccc1Cl. The van der Waals surface area contributed by atoms with Gasteiger partial charge in [0.2, 0.25) is 10.0 Å². The number of hydrogen-bond donors (Lipinski definition) is 1. The molecule has 0 bridgehead atoms. The van der Waals surface area contributed by atoms with Crippen molar-refractivity contribution in [3.05, 3.63) is 53.1 Å². The summed E-state index contributed by atoms with van der Waals surface area (Å²) in [6, 6.07) is 12.6. The lowest BCUT2D eigenvalue weighted by Gasteiger charge is -2.29. The standard InChI is InChI=1S/C22H26ClN3O3S/c23-21-11-10-19(26-14-4-5-15-30(26,28)29)16-20(21)22(27)24-17-6-8-18(9-7-17)25-12-2-1-3-13-25/h6-11,16H,1-5,12-15H2,(H,24,27). The zero-order chi connectivity index (χ0) is 21.1. The molecule has 2 saturated heterocycles. The molecule has 0 aromatic heterocycles. The van der Waals surface area contributed by atoms with E-state index in [4.69, 9.17) is 11.6 Å².